The third-order valence-electron chi connectivity index (χ3n) is 6.54. The fraction of sp³-hybridized carbons (Fsp3) is 0.364. The Morgan fingerprint density at radius 1 is 1.10 bits per heavy atom. The largest absolute Gasteiger partial charge is 0.737 e. The van der Waals surface area contributed by atoms with Gasteiger partial charge in [-0.25, -0.2) is 4.39 Å². The Labute approximate surface area is 169 Å². The van der Waals surface area contributed by atoms with Gasteiger partial charge in [-0.3, -0.25) is 4.98 Å². The minimum absolute atomic E-state index is 0.306. The third-order valence-corrected chi connectivity index (χ3v) is 6.54. The molecule has 2 aliphatic heterocycles. The third kappa shape index (κ3) is 2.39. The Kier molecular flexibility index (Phi) is 4.41. The van der Waals surface area contributed by atoms with Crippen LogP contribution in [0.5, 0.6) is 0 Å². The van der Waals surface area contributed by atoms with Crippen molar-refractivity contribution in [3.05, 3.63) is 69.2 Å². The second-order valence-electron chi connectivity index (χ2n) is 7.84. The molecule has 29 heavy (non-hydrogen) atoms. The van der Waals surface area contributed by atoms with E-state index < -0.39 is 12.8 Å². The summed E-state index contributed by atoms with van der Waals surface area (Å²) in [4.78, 5) is 3.86. The molecule has 2 aromatic heterocycles. The second kappa shape index (κ2) is 6.47. The van der Waals surface area contributed by atoms with Gasteiger partial charge in [0.2, 0.25) is 0 Å². The maximum Gasteiger partial charge on any atom is 0.737 e. The van der Waals surface area contributed by atoms with Crippen LogP contribution < -0.4 is 0 Å². The normalized spacial score (nSPS) is 18.0. The standard InChI is InChI=1S/C22H25BF3N3/c1-7-16-12(3)21-20(18-9-10-27-11-19(18)24)22-13(4)17(8-2)15(6)29(22)23(25,26)28(21)14(16)5/h9-11H,7-8H2,1-6H3. The number of nitrogens with zero attached hydrogens (tertiary/aromatic N) is 3. The predicted octanol–water partition coefficient (Wildman–Crippen LogP) is 5.41. The lowest BCUT2D eigenvalue weighted by atomic mass is 9.84. The van der Waals surface area contributed by atoms with Gasteiger partial charge in [-0.15, -0.1) is 0 Å². The molecule has 0 aliphatic carbocycles. The number of pyridine rings is 1. The van der Waals surface area contributed by atoms with Crippen molar-refractivity contribution < 1.29 is 17.5 Å². The fourth-order valence-corrected chi connectivity index (χ4v) is 5.31. The summed E-state index contributed by atoms with van der Waals surface area (Å²) in [6.45, 7) is 7.04. The molecule has 4 rings (SSSR count). The van der Waals surface area contributed by atoms with E-state index in [9.17, 15) is 4.39 Å². The van der Waals surface area contributed by atoms with Crippen molar-refractivity contribution in [2.24, 2.45) is 0 Å². The van der Waals surface area contributed by atoms with Crippen LogP contribution in [0, 0.1) is 19.7 Å². The van der Waals surface area contributed by atoms with Gasteiger partial charge < -0.3 is 17.6 Å². The lowest BCUT2D eigenvalue weighted by molar-refractivity contribution is -0.363. The first-order valence-electron chi connectivity index (χ1n) is 10.1. The zero-order valence-corrected chi connectivity index (χ0v) is 17.7. The van der Waals surface area contributed by atoms with Crippen LogP contribution in [0.25, 0.3) is 5.57 Å². The number of fused-ring (bicyclic) bond motifs is 2. The van der Waals surface area contributed by atoms with E-state index in [4.69, 9.17) is 0 Å². The lowest BCUT2D eigenvalue weighted by Gasteiger charge is -2.34. The Hall–Kier alpha value is -2.57. The summed E-state index contributed by atoms with van der Waals surface area (Å²) in [5, 5.41) is 0. The average Bonchev–Trinajstić information content (AvgIpc) is 3.08. The van der Waals surface area contributed by atoms with Gasteiger partial charge in [-0.05, 0) is 56.5 Å². The number of halogens is 3. The molecule has 0 spiro atoms. The molecule has 0 aromatic carbocycles. The van der Waals surface area contributed by atoms with E-state index >= 15 is 8.63 Å². The van der Waals surface area contributed by atoms with Crippen molar-refractivity contribution in [2.75, 3.05) is 0 Å². The molecule has 0 fully saturated rings. The molecule has 0 N–H and O–H groups in total. The van der Waals surface area contributed by atoms with Crippen LogP contribution in [0.15, 0.2) is 35.3 Å². The topological polar surface area (TPSA) is 20.8 Å². The van der Waals surface area contributed by atoms with Crippen LogP contribution >= 0.6 is 0 Å². The Morgan fingerprint density at radius 2 is 1.79 bits per heavy atom. The number of rotatable bonds is 3. The Bertz CT molecular complexity index is 1150. The predicted molar refractivity (Wildman–Crippen MR) is 111 cm³/mol. The first-order valence-corrected chi connectivity index (χ1v) is 10.1. The summed E-state index contributed by atoms with van der Waals surface area (Å²) >= 11 is 0. The van der Waals surface area contributed by atoms with Crippen LogP contribution in [0.3, 0.4) is 0 Å². The van der Waals surface area contributed by atoms with Gasteiger partial charge in [0.1, 0.15) is 11.5 Å². The minimum atomic E-state index is -4.09. The zero-order valence-electron chi connectivity index (χ0n) is 17.7. The van der Waals surface area contributed by atoms with Crippen molar-refractivity contribution in [3.63, 3.8) is 0 Å². The van der Waals surface area contributed by atoms with Crippen molar-refractivity contribution in [1.29, 1.82) is 0 Å². The number of hydrogen-bond donors (Lipinski definition) is 0. The van der Waals surface area contributed by atoms with Crippen LogP contribution in [0.4, 0.5) is 13.0 Å². The molecule has 2 aromatic rings. The Balaban J connectivity index is 2.26. The van der Waals surface area contributed by atoms with Crippen LogP contribution in [0.1, 0.15) is 62.2 Å². The Morgan fingerprint density at radius 3 is 2.38 bits per heavy atom. The molecule has 7 heteroatoms. The molecule has 0 amide bonds. The van der Waals surface area contributed by atoms with Crippen LogP contribution in [0.2, 0.25) is 0 Å². The first-order chi connectivity index (χ1) is 13.7. The van der Waals surface area contributed by atoms with E-state index in [1.54, 1.807) is 19.9 Å². The minimum Gasteiger partial charge on any atom is -0.393 e. The van der Waals surface area contributed by atoms with Crippen molar-refractivity contribution in [3.8, 4) is 0 Å². The number of aromatic nitrogens is 2. The first kappa shape index (κ1) is 19.7. The zero-order chi connectivity index (χ0) is 21.2. The maximum absolute atomic E-state index is 16.0. The van der Waals surface area contributed by atoms with E-state index in [2.05, 4.69) is 4.98 Å². The van der Waals surface area contributed by atoms with E-state index in [1.165, 1.54) is 6.20 Å². The molecule has 0 unspecified atom stereocenters. The summed E-state index contributed by atoms with van der Waals surface area (Å²) in [5.74, 6) is -0.508. The summed E-state index contributed by atoms with van der Waals surface area (Å²) in [6, 6.07) is 1.58. The summed E-state index contributed by atoms with van der Waals surface area (Å²) < 4.78 is 49.3. The van der Waals surface area contributed by atoms with Gasteiger partial charge in [0.25, 0.3) is 0 Å². The van der Waals surface area contributed by atoms with Crippen molar-refractivity contribution in [2.45, 2.75) is 54.4 Å². The highest BCUT2D eigenvalue weighted by Crippen LogP contribution is 2.47. The smallest absolute Gasteiger partial charge is 0.393 e. The highest BCUT2D eigenvalue weighted by molar-refractivity contribution is 6.58. The van der Waals surface area contributed by atoms with Gasteiger partial charge in [-0.2, -0.15) is 0 Å². The second-order valence-corrected chi connectivity index (χ2v) is 7.84. The number of hydrogen-bond acceptors (Lipinski definition) is 1. The van der Waals surface area contributed by atoms with Gasteiger partial charge in [0, 0.05) is 35.5 Å². The lowest BCUT2D eigenvalue weighted by Crippen LogP contribution is -2.51. The van der Waals surface area contributed by atoms with E-state index in [0.29, 0.717) is 46.8 Å². The molecular formula is C22H25BF3N3. The molecule has 2 aliphatic rings. The highest BCUT2D eigenvalue weighted by atomic mass is 19.2. The van der Waals surface area contributed by atoms with Gasteiger partial charge >= 0.3 is 6.97 Å². The van der Waals surface area contributed by atoms with E-state index in [1.807, 2.05) is 27.7 Å². The van der Waals surface area contributed by atoms with E-state index in [0.717, 1.165) is 37.4 Å². The molecule has 4 heterocycles. The summed E-state index contributed by atoms with van der Waals surface area (Å²) in [7, 11) is 0. The summed E-state index contributed by atoms with van der Waals surface area (Å²) in [5.41, 5.74) is 6.14. The monoisotopic (exact) mass is 399 g/mol. The fourth-order valence-electron chi connectivity index (χ4n) is 5.31. The van der Waals surface area contributed by atoms with Crippen LogP contribution in [-0.2, 0) is 6.42 Å². The molecule has 3 nitrogen and oxygen atoms in total. The van der Waals surface area contributed by atoms with Gasteiger partial charge in [0.05, 0.1) is 11.8 Å². The molecule has 0 radical (unpaired) electrons. The quantitative estimate of drug-likeness (QED) is 0.633. The molecule has 0 atom stereocenters. The maximum atomic E-state index is 16.0. The van der Waals surface area contributed by atoms with E-state index in [-0.39, 0.29) is 0 Å². The van der Waals surface area contributed by atoms with Gasteiger partial charge in [0.15, 0.2) is 5.70 Å². The highest BCUT2D eigenvalue weighted by Gasteiger charge is 2.56. The number of allylic oxidation sites excluding steroid dienone is 2. The molecule has 0 bridgehead atoms. The molecule has 0 saturated heterocycles. The SMILES string of the molecule is CCC1=C(C)C2=C(c3ccncc3F)c3c(C)c(CC)c(C)n3[B-](F)(F)[N+]2=C1C. The van der Waals surface area contributed by atoms with Gasteiger partial charge in [-0.1, -0.05) is 13.8 Å². The molecule has 0 saturated carbocycles. The van der Waals surface area contributed by atoms with Crippen LogP contribution in [-0.4, -0.2) is 26.6 Å². The summed E-state index contributed by atoms with van der Waals surface area (Å²) in [6.07, 6.45) is 3.94. The average molecular weight is 399 g/mol. The molecular weight excluding hydrogens is 374 g/mol. The van der Waals surface area contributed by atoms with Crippen molar-refractivity contribution in [1.82, 2.24) is 9.46 Å². The van der Waals surface area contributed by atoms with Crippen molar-refractivity contribution >= 4 is 18.3 Å². The molecule has 152 valence electrons.